The maximum absolute atomic E-state index is 12.0. The van der Waals surface area contributed by atoms with Crippen LogP contribution in [0.15, 0.2) is 0 Å². The zero-order valence-corrected chi connectivity index (χ0v) is 15.1. The van der Waals surface area contributed by atoms with E-state index in [1.165, 1.54) is 6.92 Å². The molecule has 26 heavy (non-hydrogen) atoms. The Morgan fingerprint density at radius 2 is 1.58 bits per heavy atom. The molecule has 0 radical (unpaired) electrons. The molecule has 3 atom stereocenters. The van der Waals surface area contributed by atoms with Crippen LogP contribution in [-0.2, 0) is 24.0 Å². The number of nitrogens with two attached hydrogens (primary N) is 2. The third kappa shape index (κ3) is 9.57. The van der Waals surface area contributed by atoms with Crippen LogP contribution >= 0.6 is 0 Å². The summed E-state index contributed by atoms with van der Waals surface area (Å²) in [6, 6.07) is -3.35. The van der Waals surface area contributed by atoms with Crippen molar-refractivity contribution in [2.45, 2.75) is 51.7 Å². The van der Waals surface area contributed by atoms with E-state index < -0.39 is 60.7 Å². The van der Waals surface area contributed by atoms with Crippen LogP contribution in [0.2, 0.25) is 0 Å². The largest absolute Gasteiger partial charge is 0.480 e. The lowest BCUT2D eigenvalue weighted by atomic mass is 10.0. The number of carboxylic acid groups (broad SMARTS) is 1. The number of carbonyl (C=O) groups is 5. The van der Waals surface area contributed by atoms with E-state index in [0.29, 0.717) is 6.42 Å². The SMILES string of the molecule is CC(C)CC(N)C(=O)NCC(=O)NC(CC(N)=O)C(=O)NC(C)C(=O)O. The predicted octanol–water partition coefficient (Wildman–Crippen LogP) is -2.57. The molecular weight excluding hydrogens is 346 g/mol. The summed E-state index contributed by atoms with van der Waals surface area (Å²) in [7, 11) is 0. The number of carboxylic acids is 1. The number of carbonyl (C=O) groups excluding carboxylic acids is 4. The summed E-state index contributed by atoms with van der Waals surface area (Å²) < 4.78 is 0. The van der Waals surface area contributed by atoms with Gasteiger partial charge in [0.1, 0.15) is 12.1 Å². The van der Waals surface area contributed by atoms with Gasteiger partial charge in [0.25, 0.3) is 0 Å². The molecule has 0 aliphatic rings. The van der Waals surface area contributed by atoms with Gasteiger partial charge in [-0.2, -0.15) is 0 Å². The van der Waals surface area contributed by atoms with Crippen LogP contribution in [0.5, 0.6) is 0 Å². The third-order valence-corrected chi connectivity index (χ3v) is 3.27. The summed E-state index contributed by atoms with van der Waals surface area (Å²) in [5, 5.41) is 15.5. The van der Waals surface area contributed by atoms with Crippen molar-refractivity contribution < 1.29 is 29.1 Å². The fraction of sp³-hybridized carbons (Fsp3) is 0.667. The topological polar surface area (TPSA) is 194 Å². The molecule has 0 saturated carbocycles. The number of nitrogens with one attached hydrogen (secondary N) is 3. The quantitative estimate of drug-likeness (QED) is 0.229. The van der Waals surface area contributed by atoms with Gasteiger partial charge in [0.05, 0.1) is 19.0 Å². The predicted molar refractivity (Wildman–Crippen MR) is 91.4 cm³/mol. The van der Waals surface area contributed by atoms with Crippen LogP contribution in [0.4, 0.5) is 0 Å². The fourth-order valence-electron chi connectivity index (χ4n) is 1.94. The summed E-state index contributed by atoms with van der Waals surface area (Å²) in [5.74, 6) is -4.10. The van der Waals surface area contributed by atoms with Crippen LogP contribution in [0, 0.1) is 5.92 Å². The lowest BCUT2D eigenvalue weighted by Crippen LogP contribution is -2.54. The van der Waals surface area contributed by atoms with Gasteiger partial charge >= 0.3 is 5.97 Å². The maximum Gasteiger partial charge on any atom is 0.325 e. The Balaban J connectivity index is 4.68. The Kier molecular flexibility index (Phi) is 9.89. The minimum atomic E-state index is -1.36. The van der Waals surface area contributed by atoms with Crippen molar-refractivity contribution >= 4 is 29.6 Å². The molecule has 0 fully saturated rings. The first-order valence-corrected chi connectivity index (χ1v) is 8.08. The van der Waals surface area contributed by atoms with Crippen LogP contribution in [0.25, 0.3) is 0 Å². The van der Waals surface area contributed by atoms with E-state index in [0.717, 1.165) is 0 Å². The number of hydrogen-bond donors (Lipinski definition) is 6. The Hall–Kier alpha value is -2.69. The summed E-state index contributed by atoms with van der Waals surface area (Å²) in [6.07, 6.45) is -0.0854. The van der Waals surface area contributed by atoms with E-state index in [2.05, 4.69) is 16.0 Å². The zero-order chi connectivity index (χ0) is 20.4. The normalized spacial score (nSPS) is 14.0. The minimum absolute atomic E-state index is 0.199. The monoisotopic (exact) mass is 373 g/mol. The van der Waals surface area contributed by atoms with Crippen molar-refractivity contribution in [3.05, 3.63) is 0 Å². The van der Waals surface area contributed by atoms with E-state index in [9.17, 15) is 24.0 Å². The van der Waals surface area contributed by atoms with Crippen LogP contribution in [0.3, 0.4) is 0 Å². The molecule has 0 aliphatic heterocycles. The molecule has 0 rings (SSSR count). The first-order valence-electron chi connectivity index (χ1n) is 8.08. The Bertz CT molecular complexity index is 551. The van der Waals surface area contributed by atoms with E-state index in [1.807, 2.05) is 13.8 Å². The molecule has 0 aromatic heterocycles. The summed E-state index contributed by atoms with van der Waals surface area (Å²) >= 11 is 0. The fourth-order valence-corrected chi connectivity index (χ4v) is 1.94. The molecule has 11 nitrogen and oxygen atoms in total. The van der Waals surface area contributed by atoms with Gasteiger partial charge < -0.3 is 32.5 Å². The molecule has 0 aromatic carbocycles. The molecule has 0 saturated heterocycles. The highest BCUT2D eigenvalue weighted by Crippen LogP contribution is 2.02. The van der Waals surface area contributed by atoms with Crippen LogP contribution in [0.1, 0.15) is 33.6 Å². The van der Waals surface area contributed by atoms with Gasteiger partial charge in [0, 0.05) is 0 Å². The molecule has 0 bridgehead atoms. The van der Waals surface area contributed by atoms with E-state index in [1.54, 1.807) is 0 Å². The molecular formula is C15H27N5O6. The molecule has 148 valence electrons. The Morgan fingerprint density at radius 3 is 2.04 bits per heavy atom. The van der Waals surface area contributed by atoms with E-state index in [-0.39, 0.29) is 5.92 Å². The van der Waals surface area contributed by atoms with Gasteiger partial charge in [-0.05, 0) is 19.3 Å². The lowest BCUT2D eigenvalue weighted by Gasteiger charge is -2.19. The Labute approximate surface area is 151 Å². The first kappa shape index (κ1) is 23.3. The summed E-state index contributed by atoms with van der Waals surface area (Å²) in [5.41, 5.74) is 10.7. The number of primary amides is 1. The molecule has 3 unspecified atom stereocenters. The molecule has 0 aromatic rings. The van der Waals surface area contributed by atoms with Crippen LogP contribution in [-0.4, -0.2) is 59.4 Å². The molecule has 4 amide bonds. The number of rotatable bonds is 11. The van der Waals surface area contributed by atoms with Crippen molar-refractivity contribution in [3.8, 4) is 0 Å². The van der Waals surface area contributed by atoms with Gasteiger partial charge in [-0.1, -0.05) is 13.8 Å². The summed E-state index contributed by atoms with van der Waals surface area (Å²) in [6.45, 7) is 4.55. The van der Waals surface area contributed by atoms with Crippen molar-refractivity contribution in [1.29, 1.82) is 0 Å². The average molecular weight is 373 g/mol. The highest BCUT2D eigenvalue weighted by Gasteiger charge is 2.26. The second-order valence-electron chi connectivity index (χ2n) is 6.31. The standard InChI is InChI=1S/C15H27N5O6/c1-7(2)4-9(16)13(23)18-6-12(22)20-10(5-11(17)21)14(24)19-8(3)15(25)26/h7-10H,4-6,16H2,1-3H3,(H2,17,21)(H,18,23)(H,19,24)(H,20,22)(H,25,26). The van der Waals surface area contributed by atoms with Crippen molar-refractivity contribution in [1.82, 2.24) is 16.0 Å². The smallest absolute Gasteiger partial charge is 0.325 e. The van der Waals surface area contributed by atoms with E-state index in [4.69, 9.17) is 16.6 Å². The number of amides is 4. The first-order chi connectivity index (χ1) is 11.9. The van der Waals surface area contributed by atoms with Gasteiger partial charge in [-0.25, -0.2) is 0 Å². The lowest BCUT2D eigenvalue weighted by molar-refractivity contribution is -0.141. The van der Waals surface area contributed by atoms with Crippen molar-refractivity contribution in [3.63, 3.8) is 0 Å². The highest BCUT2D eigenvalue weighted by atomic mass is 16.4. The van der Waals surface area contributed by atoms with Gasteiger partial charge in [0.15, 0.2) is 0 Å². The zero-order valence-electron chi connectivity index (χ0n) is 15.1. The molecule has 0 aliphatic carbocycles. The summed E-state index contributed by atoms with van der Waals surface area (Å²) in [4.78, 5) is 57.5. The van der Waals surface area contributed by atoms with E-state index >= 15 is 0 Å². The Morgan fingerprint density at radius 1 is 1.00 bits per heavy atom. The van der Waals surface area contributed by atoms with Crippen molar-refractivity contribution in [2.75, 3.05) is 6.54 Å². The van der Waals surface area contributed by atoms with Gasteiger partial charge in [-0.3, -0.25) is 24.0 Å². The molecule has 0 heterocycles. The highest BCUT2D eigenvalue weighted by molar-refractivity contribution is 5.94. The van der Waals surface area contributed by atoms with Crippen LogP contribution < -0.4 is 27.4 Å². The molecule has 8 N–H and O–H groups in total. The maximum atomic E-state index is 12.0. The average Bonchev–Trinajstić information content (AvgIpc) is 2.50. The third-order valence-electron chi connectivity index (χ3n) is 3.27. The second kappa shape index (κ2) is 11.0. The molecule has 11 heteroatoms. The van der Waals surface area contributed by atoms with Crippen molar-refractivity contribution in [2.24, 2.45) is 17.4 Å². The molecule has 0 spiro atoms. The number of hydrogen-bond acceptors (Lipinski definition) is 6. The minimum Gasteiger partial charge on any atom is -0.480 e. The number of aliphatic carboxylic acids is 1. The van der Waals surface area contributed by atoms with Gasteiger partial charge in [-0.15, -0.1) is 0 Å². The second-order valence-corrected chi connectivity index (χ2v) is 6.31. The van der Waals surface area contributed by atoms with Gasteiger partial charge in [0.2, 0.25) is 23.6 Å².